The molecular formula is C16H22N2O3. The Morgan fingerprint density at radius 3 is 2.67 bits per heavy atom. The van der Waals surface area contributed by atoms with Gasteiger partial charge in [0.2, 0.25) is 5.91 Å². The summed E-state index contributed by atoms with van der Waals surface area (Å²) in [5.74, 6) is -0.799. The van der Waals surface area contributed by atoms with E-state index >= 15 is 0 Å². The molecule has 0 bridgehead atoms. The Morgan fingerprint density at radius 1 is 1.19 bits per heavy atom. The normalized spacial score (nSPS) is 13.3. The van der Waals surface area contributed by atoms with E-state index < -0.39 is 5.97 Å². The average molecular weight is 290 g/mol. The molecule has 0 saturated heterocycles. The molecule has 1 aliphatic heterocycles. The molecule has 0 unspecified atom stereocenters. The maximum absolute atomic E-state index is 12.2. The smallest absolute Gasteiger partial charge is 0.335 e. The lowest BCUT2D eigenvalue weighted by molar-refractivity contribution is -0.118. The van der Waals surface area contributed by atoms with Gasteiger partial charge in [-0.2, -0.15) is 0 Å². The van der Waals surface area contributed by atoms with Crippen LogP contribution in [0.2, 0.25) is 0 Å². The summed E-state index contributed by atoms with van der Waals surface area (Å²) in [4.78, 5) is 25.0. The zero-order valence-electron chi connectivity index (χ0n) is 12.2. The van der Waals surface area contributed by atoms with Gasteiger partial charge in [-0.25, -0.2) is 4.79 Å². The lowest BCUT2D eigenvalue weighted by atomic mass is 10.1. The first kappa shape index (κ1) is 15.5. The first-order chi connectivity index (χ1) is 10.1. The minimum Gasteiger partial charge on any atom is -0.478 e. The number of carbonyl (C=O) groups is 2. The zero-order valence-corrected chi connectivity index (χ0v) is 12.2. The van der Waals surface area contributed by atoms with E-state index in [2.05, 4.69) is 0 Å². The van der Waals surface area contributed by atoms with Crippen LogP contribution in [-0.2, 0) is 11.2 Å². The number of aromatic carboxylic acids is 1. The van der Waals surface area contributed by atoms with Gasteiger partial charge >= 0.3 is 5.97 Å². The Labute approximate surface area is 124 Å². The molecule has 5 nitrogen and oxygen atoms in total. The molecule has 0 aromatic heterocycles. The molecule has 5 heteroatoms. The van der Waals surface area contributed by atoms with Gasteiger partial charge in [-0.15, -0.1) is 0 Å². The van der Waals surface area contributed by atoms with Crippen LogP contribution in [0.15, 0.2) is 18.2 Å². The molecule has 0 radical (unpaired) electrons. The number of carboxylic acids is 1. The quantitative estimate of drug-likeness (QED) is 0.754. The number of nitrogens with zero attached hydrogens (tertiary/aromatic N) is 1. The molecule has 0 fully saturated rings. The van der Waals surface area contributed by atoms with Crippen molar-refractivity contribution in [3.63, 3.8) is 0 Å². The second kappa shape index (κ2) is 7.22. The molecule has 1 amide bonds. The van der Waals surface area contributed by atoms with Crippen LogP contribution in [0.3, 0.4) is 0 Å². The topological polar surface area (TPSA) is 83.6 Å². The zero-order chi connectivity index (χ0) is 15.2. The number of nitrogens with two attached hydrogens (primary N) is 1. The summed E-state index contributed by atoms with van der Waals surface area (Å²) in [5, 5.41) is 8.99. The van der Waals surface area contributed by atoms with E-state index in [9.17, 15) is 9.59 Å². The van der Waals surface area contributed by atoms with Gasteiger partial charge in [0.05, 0.1) is 5.56 Å². The number of amides is 1. The molecule has 1 aromatic rings. The fourth-order valence-corrected chi connectivity index (χ4v) is 2.70. The highest BCUT2D eigenvalue weighted by molar-refractivity contribution is 5.96. The number of benzene rings is 1. The van der Waals surface area contributed by atoms with Gasteiger partial charge in [0, 0.05) is 18.7 Å². The van der Waals surface area contributed by atoms with Crippen LogP contribution < -0.4 is 10.6 Å². The van der Waals surface area contributed by atoms with Crippen molar-refractivity contribution < 1.29 is 14.7 Å². The summed E-state index contributed by atoms with van der Waals surface area (Å²) >= 11 is 0. The number of carbonyl (C=O) groups excluding carboxylic acids is 1. The van der Waals surface area contributed by atoms with Crippen LogP contribution >= 0.6 is 0 Å². The average Bonchev–Trinajstić information content (AvgIpc) is 2.89. The third kappa shape index (κ3) is 3.82. The summed E-state index contributed by atoms with van der Waals surface area (Å²) in [5.41, 5.74) is 7.54. The molecule has 0 atom stereocenters. The summed E-state index contributed by atoms with van der Waals surface area (Å²) in [6, 6.07) is 4.98. The lowest BCUT2D eigenvalue weighted by Crippen LogP contribution is -2.28. The first-order valence-electron chi connectivity index (χ1n) is 7.50. The van der Waals surface area contributed by atoms with Gasteiger partial charge in [-0.3, -0.25) is 4.79 Å². The van der Waals surface area contributed by atoms with E-state index in [1.807, 2.05) is 0 Å². The number of rotatable bonds is 7. The van der Waals surface area contributed by atoms with Crippen molar-refractivity contribution >= 4 is 17.6 Å². The molecule has 0 saturated carbocycles. The van der Waals surface area contributed by atoms with E-state index in [0.717, 1.165) is 43.4 Å². The van der Waals surface area contributed by atoms with Crippen molar-refractivity contribution in [2.45, 2.75) is 38.5 Å². The van der Waals surface area contributed by atoms with Gasteiger partial charge in [-0.1, -0.05) is 12.8 Å². The van der Waals surface area contributed by atoms with E-state index in [1.165, 1.54) is 0 Å². The number of fused-ring (bicyclic) bond motifs is 1. The summed E-state index contributed by atoms with van der Waals surface area (Å²) in [6.45, 7) is 1.36. The number of hydrogen-bond acceptors (Lipinski definition) is 3. The van der Waals surface area contributed by atoms with Crippen LogP contribution in [0.25, 0.3) is 0 Å². The first-order valence-corrected chi connectivity index (χ1v) is 7.50. The van der Waals surface area contributed by atoms with Crippen molar-refractivity contribution in [3.8, 4) is 0 Å². The SMILES string of the molecule is NCCCCCCC(=O)N1CCc2cc(C(=O)O)ccc21. The molecule has 3 N–H and O–H groups in total. The lowest BCUT2D eigenvalue weighted by Gasteiger charge is -2.17. The minimum atomic E-state index is -0.928. The van der Waals surface area contributed by atoms with Crippen molar-refractivity contribution in [2.24, 2.45) is 5.73 Å². The highest BCUT2D eigenvalue weighted by Crippen LogP contribution is 2.29. The largest absolute Gasteiger partial charge is 0.478 e. The Balaban J connectivity index is 1.92. The van der Waals surface area contributed by atoms with Gasteiger partial charge in [0.25, 0.3) is 0 Å². The molecule has 2 rings (SSSR count). The molecule has 0 spiro atoms. The number of carboxylic acid groups (broad SMARTS) is 1. The molecule has 1 aromatic carbocycles. The van der Waals surface area contributed by atoms with Crippen LogP contribution in [0.1, 0.15) is 48.0 Å². The monoisotopic (exact) mass is 290 g/mol. The van der Waals surface area contributed by atoms with Gasteiger partial charge in [-0.05, 0) is 49.6 Å². The molecule has 1 heterocycles. The van der Waals surface area contributed by atoms with E-state index in [1.54, 1.807) is 23.1 Å². The predicted molar refractivity (Wildman–Crippen MR) is 81.6 cm³/mol. The molecule has 1 aliphatic rings. The van der Waals surface area contributed by atoms with Crippen molar-refractivity contribution in [1.82, 2.24) is 0 Å². The second-order valence-electron chi connectivity index (χ2n) is 5.40. The van der Waals surface area contributed by atoms with Crippen molar-refractivity contribution in [3.05, 3.63) is 29.3 Å². The number of anilines is 1. The van der Waals surface area contributed by atoms with Crippen LogP contribution in [0.5, 0.6) is 0 Å². The van der Waals surface area contributed by atoms with Gasteiger partial charge in [0.1, 0.15) is 0 Å². The maximum Gasteiger partial charge on any atom is 0.335 e. The Hall–Kier alpha value is -1.88. The summed E-state index contributed by atoms with van der Waals surface area (Å²) in [6.07, 6.45) is 5.28. The van der Waals surface area contributed by atoms with Gasteiger partial charge < -0.3 is 15.7 Å². The Bertz CT molecular complexity index is 528. The van der Waals surface area contributed by atoms with Crippen molar-refractivity contribution in [1.29, 1.82) is 0 Å². The highest BCUT2D eigenvalue weighted by Gasteiger charge is 2.24. The van der Waals surface area contributed by atoms with Crippen LogP contribution in [0, 0.1) is 0 Å². The van der Waals surface area contributed by atoms with E-state index in [4.69, 9.17) is 10.8 Å². The molecule has 21 heavy (non-hydrogen) atoms. The fourth-order valence-electron chi connectivity index (χ4n) is 2.70. The third-order valence-corrected chi connectivity index (χ3v) is 3.87. The summed E-state index contributed by atoms with van der Waals surface area (Å²) in [7, 11) is 0. The van der Waals surface area contributed by atoms with E-state index in [0.29, 0.717) is 19.5 Å². The van der Waals surface area contributed by atoms with Gasteiger partial charge in [0.15, 0.2) is 0 Å². The fraction of sp³-hybridized carbons (Fsp3) is 0.500. The maximum atomic E-state index is 12.2. The standard InChI is InChI=1S/C16H22N2O3/c17-9-4-2-1-3-5-15(19)18-10-8-12-11-13(16(20)21)6-7-14(12)18/h6-7,11H,1-5,8-10,17H2,(H,20,21). The Kier molecular flexibility index (Phi) is 5.33. The summed E-state index contributed by atoms with van der Waals surface area (Å²) < 4.78 is 0. The third-order valence-electron chi connectivity index (χ3n) is 3.87. The predicted octanol–water partition coefficient (Wildman–Crippen LogP) is 2.18. The molecule has 114 valence electrons. The van der Waals surface area contributed by atoms with Crippen LogP contribution in [-0.4, -0.2) is 30.1 Å². The number of unbranched alkanes of at least 4 members (excludes halogenated alkanes) is 3. The van der Waals surface area contributed by atoms with Crippen molar-refractivity contribution in [2.75, 3.05) is 18.0 Å². The molecule has 0 aliphatic carbocycles. The van der Waals surface area contributed by atoms with E-state index in [-0.39, 0.29) is 11.5 Å². The number of hydrogen-bond donors (Lipinski definition) is 2. The highest BCUT2D eigenvalue weighted by atomic mass is 16.4. The minimum absolute atomic E-state index is 0.129. The molecular weight excluding hydrogens is 268 g/mol. The second-order valence-corrected chi connectivity index (χ2v) is 5.40. The Morgan fingerprint density at radius 2 is 1.95 bits per heavy atom. The van der Waals surface area contributed by atoms with Crippen LogP contribution in [0.4, 0.5) is 5.69 Å².